The van der Waals surface area contributed by atoms with Crippen molar-refractivity contribution < 1.29 is 18.8 Å². The molecule has 7 heteroatoms. The van der Waals surface area contributed by atoms with Crippen LogP contribution in [0.2, 0.25) is 0 Å². The second kappa shape index (κ2) is 4.49. The lowest BCUT2D eigenvalue weighted by atomic mass is 9.94. The van der Waals surface area contributed by atoms with Crippen molar-refractivity contribution in [2.75, 3.05) is 0 Å². The van der Waals surface area contributed by atoms with Gasteiger partial charge in [0.25, 0.3) is 0 Å². The van der Waals surface area contributed by atoms with E-state index in [0.717, 1.165) is 6.29 Å². The summed E-state index contributed by atoms with van der Waals surface area (Å²) in [5.74, 6) is -0.480. The van der Waals surface area contributed by atoms with Crippen LogP contribution in [-0.2, 0) is 18.8 Å². The number of hydrogen-bond donors (Lipinski definition) is 0. The molecule has 1 saturated carbocycles. The molecule has 1 saturated heterocycles. The van der Waals surface area contributed by atoms with Crippen LogP contribution >= 0.6 is 16.6 Å². The van der Waals surface area contributed by atoms with E-state index in [1.54, 1.807) is 0 Å². The molecule has 0 aromatic rings. The van der Waals surface area contributed by atoms with Gasteiger partial charge in [-0.1, -0.05) is 8.93 Å². The van der Waals surface area contributed by atoms with E-state index >= 15 is 0 Å². The average Bonchev–Trinajstić information content (AvgIpc) is 2.59. The van der Waals surface area contributed by atoms with Crippen LogP contribution in [0.25, 0.3) is 0 Å². The standard InChI is InChI=1S/C8H11BO4P2/c9-15(14)13-7-2-6-4(5(7)3-10)1-8(11)12-6/h3-7H,1-2,14H2. The van der Waals surface area contributed by atoms with E-state index in [-0.39, 0.29) is 30.0 Å². The largest absolute Gasteiger partial charge is 0.462 e. The van der Waals surface area contributed by atoms with Crippen molar-refractivity contribution in [3.05, 3.63) is 0 Å². The first-order valence-corrected chi connectivity index (χ1v) is 7.67. The van der Waals surface area contributed by atoms with Crippen molar-refractivity contribution in [3.8, 4) is 0 Å². The summed E-state index contributed by atoms with van der Waals surface area (Å²) in [4.78, 5) is 22.0. The molecule has 0 bridgehead atoms. The molecule has 1 aliphatic carbocycles. The molecule has 0 spiro atoms. The molecule has 6 atom stereocenters. The van der Waals surface area contributed by atoms with E-state index in [0.29, 0.717) is 12.8 Å². The molecule has 80 valence electrons. The monoisotopic (exact) mass is 244 g/mol. The third kappa shape index (κ3) is 2.25. The minimum absolute atomic E-state index is 0.0139. The van der Waals surface area contributed by atoms with Crippen LogP contribution in [0.4, 0.5) is 0 Å². The van der Waals surface area contributed by atoms with Crippen LogP contribution in [0.5, 0.6) is 0 Å². The summed E-state index contributed by atoms with van der Waals surface area (Å²) in [5.41, 5.74) is 0. The van der Waals surface area contributed by atoms with Crippen molar-refractivity contribution in [1.29, 1.82) is 0 Å². The fourth-order valence-corrected chi connectivity index (χ4v) is 3.36. The van der Waals surface area contributed by atoms with Crippen LogP contribution in [0.3, 0.4) is 0 Å². The molecule has 1 heterocycles. The van der Waals surface area contributed by atoms with Crippen molar-refractivity contribution in [1.82, 2.24) is 0 Å². The zero-order valence-electron chi connectivity index (χ0n) is 8.04. The van der Waals surface area contributed by atoms with Crippen molar-refractivity contribution in [2.24, 2.45) is 11.8 Å². The lowest BCUT2D eigenvalue weighted by Crippen LogP contribution is -2.22. The molecule has 4 nitrogen and oxygen atoms in total. The van der Waals surface area contributed by atoms with Crippen LogP contribution in [0.15, 0.2) is 0 Å². The first-order chi connectivity index (χ1) is 7.11. The summed E-state index contributed by atoms with van der Waals surface area (Å²) in [5, 5.41) is 0. The molecule has 0 aromatic carbocycles. The summed E-state index contributed by atoms with van der Waals surface area (Å²) < 4.78 is 10.6. The number of carbonyl (C=O) groups is 2. The number of esters is 1. The molecule has 2 fully saturated rings. The fourth-order valence-electron chi connectivity index (χ4n) is 2.36. The lowest BCUT2D eigenvalue weighted by Gasteiger charge is -2.20. The van der Waals surface area contributed by atoms with E-state index in [2.05, 4.69) is 8.93 Å². The molecule has 0 N–H and O–H groups in total. The highest BCUT2D eigenvalue weighted by Crippen LogP contribution is 2.49. The molecule has 6 unspecified atom stereocenters. The summed E-state index contributed by atoms with van der Waals surface area (Å²) >= 11 is 0. The normalized spacial score (nSPS) is 41.0. The molecule has 0 amide bonds. The number of fused-ring (bicyclic) bond motifs is 1. The minimum Gasteiger partial charge on any atom is -0.462 e. The van der Waals surface area contributed by atoms with E-state index < -0.39 is 7.72 Å². The molecule has 2 radical (unpaired) electrons. The number of hydrogen-bond acceptors (Lipinski definition) is 4. The topological polar surface area (TPSA) is 52.6 Å². The van der Waals surface area contributed by atoms with E-state index in [4.69, 9.17) is 16.8 Å². The SMILES string of the molecule is [B]P(P)OC1CC2OC(=O)CC2C1C=O. The van der Waals surface area contributed by atoms with Crippen molar-refractivity contribution >= 4 is 36.5 Å². The fraction of sp³-hybridized carbons (Fsp3) is 0.750. The maximum absolute atomic E-state index is 11.0. The molecular formula is C8H11BO4P2. The van der Waals surface area contributed by atoms with Gasteiger partial charge in [0.05, 0.1) is 12.5 Å². The van der Waals surface area contributed by atoms with E-state index in [9.17, 15) is 9.59 Å². The smallest absolute Gasteiger partial charge is 0.306 e. The molecule has 2 aliphatic rings. The first kappa shape index (κ1) is 11.5. The van der Waals surface area contributed by atoms with Gasteiger partial charge >= 0.3 is 5.97 Å². The Kier molecular flexibility index (Phi) is 3.44. The summed E-state index contributed by atoms with van der Waals surface area (Å²) in [6, 6.07) is 0. The molecular weight excluding hydrogens is 233 g/mol. The van der Waals surface area contributed by atoms with Gasteiger partial charge < -0.3 is 14.1 Å². The second-order valence-electron chi connectivity index (χ2n) is 3.85. The van der Waals surface area contributed by atoms with Gasteiger partial charge in [0.2, 0.25) is 0 Å². The van der Waals surface area contributed by atoms with Gasteiger partial charge in [-0.05, 0) is 7.72 Å². The van der Waals surface area contributed by atoms with Crippen LogP contribution in [0.1, 0.15) is 12.8 Å². The second-order valence-corrected chi connectivity index (χ2v) is 6.31. The Morgan fingerprint density at radius 1 is 1.67 bits per heavy atom. The number of rotatable bonds is 3. The van der Waals surface area contributed by atoms with E-state index in [1.165, 1.54) is 0 Å². The van der Waals surface area contributed by atoms with E-state index in [1.807, 2.05) is 0 Å². The van der Waals surface area contributed by atoms with Crippen LogP contribution in [-0.4, -0.2) is 32.0 Å². The highest BCUT2D eigenvalue weighted by molar-refractivity contribution is 8.23. The minimum atomic E-state index is -1.06. The maximum Gasteiger partial charge on any atom is 0.306 e. The van der Waals surface area contributed by atoms with Gasteiger partial charge in [-0.3, -0.25) is 4.79 Å². The molecule has 1 aliphatic heterocycles. The third-order valence-electron chi connectivity index (χ3n) is 2.97. The lowest BCUT2D eigenvalue weighted by molar-refractivity contribution is -0.141. The predicted octanol–water partition coefficient (Wildman–Crippen LogP) is 0.793. The summed E-state index contributed by atoms with van der Waals surface area (Å²) in [6.45, 7) is 0. The number of ether oxygens (including phenoxy) is 1. The Morgan fingerprint density at radius 2 is 2.40 bits per heavy atom. The third-order valence-corrected chi connectivity index (χ3v) is 3.84. The van der Waals surface area contributed by atoms with Gasteiger partial charge in [-0.25, -0.2) is 0 Å². The average molecular weight is 244 g/mol. The molecule has 15 heavy (non-hydrogen) atoms. The Bertz CT molecular complexity index is 286. The van der Waals surface area contributed by atoms with Gasteiger partial charge in [-0.15, -0.1) is 0 Å². The Hall–Kier alpha value is 0.0249. The van der Waals surface area contributed by atoms with Gasteiger partial charge in [0.1, 0.15) is 12.4 Å². The van der Waals surface area contributed by atoms with Gasteiger partial charge in [0.15, 0.2) is 7.57 Å². The van der Waals surface area contributed by atoms with Crippen LogP contribution in [0, 0.1) is 11.8 Å². The maximum atomic E-state index is 11.0. The van der Waals surface area contributed by atoms with Crippen LogP contribution < -0.4 is 0 Å². The van der Waals surface area contributed by atoms with Crippen molar-refractivity contribution in [3.63, 3.8) is 0 Å². The van der Waals surface area contributed by atoms with Gasteiger partial charge in [0, 0.05) is 18.3 Å². The molecule has 2 rings (SSSR count). The predicted molar refractivity (Wildman–Crippen MR) is 59.4 cm³/mol. The Labute approximate surface area is 92.8 Å². The molecule has 0 aromatic heterocycles. The quantitative estimate of drug-likeness (QED) is 0.319. The highest BCUT2D eigenvalue weighted by Gasteiger charge is 2.50. The number of carbonyl (C=O) groups excluding carboxylic acids is 2. The van der Waals surface area contributed by atoms with Gasteiger partial charge in [-0.2, -0.15) is 0 Å². The Balaban J connectivity index is 2.06. The number of aldehydes is 1. The summed E-state index contributed by atoms with van der Waals surface area (Å²) in [6.07, 6.45) is 1.43. The zero-order chi connectivity index (χ0) is 11.0. The Morgan fingerprint density at radius 3 is 3.00 bits per heavy atom. The zero-order valence-corrected chi connectivity index (χ0v) is 10.1. The first-order valence-electron chi connectivity index (χ1n) is 4.73. The summed E-state index contributed by atoms with van der Waals surface area (Å²) in [7, 11) is 6.88. The van der Waals surface area contributed by atoms with Crippen molar-refractivity contribution in [2.45, 2.75) is 25.0 Å². The highest BCUT2D eigenvalue weighted by atomic mass is 32.0.